The lowest BCUT2D eigenvalue weighted by atomic mass is 10.2. The van der Waals surface area contributed by atoms with Crippen LogP contribution in [0.1, 0.15) is 31.9 Å². The van der Waals surface area contributed by atoms with Crippen molar-refractivity contribution < 1.29 is 5.11 Å². The first-order chi connectivity index (χ1) is 13.1. The van der Waals surface area contributed by atoms with Gasteiger partial charge in [0.15, 0.2) is 22.1 Å². The number of imidazole rings is 1. The van der Waals surface area contributed by atoms with Crippen LogP contribution < -0.4 is 10.6 Å². The molecular weight excluding hydrogens is 360 g/mol. The molecule has 7 nitrogen and oxygen atoms in total. The zero-order chi connectivity index (χ0) is 19.2. The van der Waals surface area contributed by atoms with Crippen LogP contribution in [0.3, 0.4) is 0 Å². The van der Waals surface area contributed by atoms with Crippen molar-refractivity contribution in [3.63, 3.8) is 0 Å². The van der Waals surface area contributed by atoms with E-state index in [0.717, 1.165) is 16.3 Å². The lowest BCUT2D eigenvalue weighted by molar-refractivity contribution is 0.292. The average molecular weight is 387 g/mol. The summed E-state index contributed by atoms with van der Waals surface area (Å²) in [4.78, 5) is 14.1. The van der Waals surface area contributed by atoms with E-state index in [4.69, 9.17) is 15.1 Å². The van der Waals surface area contributed by atoms with Gasteiger partial charge in [-0.1, -0.05) is 42.1 Å². The van der Waals surface area contributed by atoms with E-state index in [1.54, 1.807) is 11.8 Å². The third-order valence-electron chi connectivity index (χ3n) is 4.13. The number of anilines is 2. The van der Waals surface area contributed by atoms with Crippen LogP contribution >= 0.6 is 11.8 Å². The fourth-order valence-electron chi connectivity index (χ4n) is 2.83. The minimum Gasteiger partial charge on any atom is -0.396 e. The number of aliphatic hydroxyl groups is 1. The molecule has 0 saturated heterocycles. The Morgan fingerprint density at radius 3 is 2.56 bits per heavy atom. The predicted octanol–water partition coefficient (Wildman–Crippen LogP) is 3.54. The molecule has 2 heterocycles. The smallest absolute Gasteiger partial charge is 0.226 e. The van der Waals surface area contributed by atoms with Gasteiger partial charge in [0.2, 0.25) is 5.95 Å². The number of rotatable bonds is 9. The topological polar surface area (TPSA) is 87.9 Å². The number of nitrogens with one attached hydrogen (secondary N) is 2. The zero-order valence-corrected chi connectivity index (χ0v) is 16.8. The molecule has 0 aliphatic carbocycles. The molecule has 27 heavy (non-hydrogen) atoms. The first-order valence-electron chi connectivity index (χ1n) is 9.10. The van der Waals surface area contributed by atoms with Gasteiger partial charge in [-0.3, -0.25) is 0 Å². The maximum atomic E-state index is 9.02. The number of hydrogen-bond donors (Lipinski definition) is 3. The van der Waals surface area contributed by atoms with Crippen molar-refractivity contribution in [2.24, 2.45) is 0 Å². The standard InChI is InChI=1S/C19H26N6OS/c1-13(2)25-17-15(22-19(25)27-3)16(21-12-14-8-5-4-6-9-14)23-18(24-17)20-10-7-11-26/h4-6,8-9,13,26H,7,10-12H2,1-3H3,(H2,20,21,23,24). The highest BCUT2D eigenvalue weighted by molar-refractivity contribution is 7.98. The van der Waals surface area contributed by atoms with Gasteiger partial charge in [0.05, 0.1) is 0 Å². The molecule has 8 heteroatoms. The summed E-state index contributed by atoms with van der Waals surface area (Å²) < 4.78 is 2.13. The highest BCUT2D eigenvalue weighted by Crippen LogP contribution is 2.29. The van der Waals surface area contributed by atoms with Gasteiger partial charge in [0, 0.05) is 25.7 Å². The van der Waals surface area contributed by atoms with E-state index in [9.17, 15) is 0 Å². The summed E-state index contributed by atoms with van der Waals surface area (Å²) in [5, 5.41) is 16.6. The molecule has 0 aliphatic rings. The van der Waals surface area contributed by atoms with Gasteiger partial charge in [-0.05, 0) is 32.1 Å². The highest BCUT2D eigenvalue weighted by atomic mass is 32.2. The number of nitrogens with zero attached hydrogens (tertiary/aromatic N) is 4. The predicted molar refractivity (Wildman–Crippen MR) is 111 cm³/mol. The maximum absolute atomic E-state index is 9.02. The van der Waals surface area contributed by atoms with Crippen LogP contribution in [0.5, 0.6) is 0 Å². The molecule has 0 radical (unpaired) electrons. The monoisotopic (exact) mass is 386 g/mol. The van der Waals surface area contributed by atoms with Crippen LogP contribution in [0.25, 0.3) is 11.2 Å². The van der Waals surface area contributed by atoms with E-state index in [2.05, 4.69) is 46.2 Å². The van der Waals surface area contributed by atoms with Gasteiger partial charge in [0.1, 0.15) is 0 Å². The second kappa shape index (κ2) is 9.05. The summed E-state index contributed by atoms with van der Waals surface area (Å²) in [5.41, 5.74) is 2.76. The van der Waals surface area contributed by atoms with Crippen molar-refractivity contribution in [1.29, 1.82) is 0 Å². The van der Waals surface area contributed by atoms with Crippen LogP contribution in [0.15, 0.2) is 35.5 Å². The zero-order valence-electron chi connectivity index (χ0n) is 15.9. The summed E-state index contributed by atoms with van der Waals surface area (Å²) in [5.74, 6) is 1.26. The van der Waals surface area contributed by atoms with Crippen LogP contribution in [0, 0.1) is 0 Å². The van der Waals surface area contributed by atoms with Crippen molar-refractivity contribution in [3.8, 4) is 0 Å². The van der Waals surface area contributed by atoms with Crippen molar-refractivity contribution in [1.82, 2.24) is 19.5 Å². The molecule has 0 amide bonds. The summed E-state index contributed by atoms with van der Waals surface area (Å²) in [6.07, 6.45) is 2.67. The molecule has 0 aliphatic heterocycles. The van der Waals surface area contributed by atoms with E-state index < -0.39 is 0 Å². The van der Waals surface area contributed by atoms with E-state index in [0.29, 0.717) is 31.3 Å². The Morgan fingerprint density at radius 1 is 1.11 bits per heavy atom. The number of benzene rings is 1. The molecule has 0 spiro atoms. The Morgan fingerprint density at radius 2 is 1.89 bits per heavy atom. The van der Waals surface area contributed by atoms with Gasteiger partial charge < -0.3 is 20.3 Å². The lowest BCUT2D eigenvalue weighted by Crippen LogP contribution is -2.11. The van der Waals surface area contributed by atoms with Gasteiger partial charge in [0.25, 0.3) is 0 Å². The van der Waals surface area contributed by atoms with E-state index in [1.807, 2.05) is 24.5 Å². The third kappa shape index (κ3) is 4.51. The Kier molecular flexibility index (Phi) is 6.52. The molecule has 0 atom stereocenters. The summed E-state index contributed by atoms with van der Waals surface area (Å²) in [6, 6.07) is 10.4. The van der Waals surface area contributed by atoms with Crippen molar-refractivity contribution >= 4 is 34.7 Å². The van der Waals surface area contributed by atoms with Crippen molar-refractivity contribution in [3.05, 3.63) is 35.9 Å². The SMILES string of the molecule is CSc1nc2c(NCc3ccccc3)nc(NCCCO)nc2n1C(C)C. The molecule has 3 N–H and O–H groups in total. The van der Waals surface area contributed by atoms with Crippen molar-refractivity contribution in [2.45, 2.75) is 38.0 Å². The largest absolute Gasteiger partial charge is 0.396 e. The van der Waals surface area contributed by atoms with Crippen LogP contribution in [0.4, 0.5) is 11.8 Å². The Labute approximate surface area is 163 Å². The third-order valence-corrected chi connectivity index (χ3v) is 4.78. The number of fused-ring (bicyclic) bond motifs is 1. The minimum absolute atomic E-state index is 0.134. The number of hydrogen-bond acceptors (Lipinski definition) is 7. The molecule has 3 aromatic rings. The van der Waals surface area contributed by atoms with Crippen molar-refractivity contribution in [2.75, 3.05) is 30.0 Å². The van der Waals surface area contributed by atoms with Crippen LogP contribution in [-0.2, 0) is 6.54 Å². The maximum Gasteiger partial charge on any atom is 0.226 e. The summed E-state index contributed by atoms with van der Waals surface area (Å²) >= 11 is 1.60. The van der Waals surface area contributed by atoms with Gasteiger partial charge >= 0.3 is 0 Å². The molecule has 1 aromatic carbocycles. The van der Waals surface area contributed by atoms with Crippen LogP contribution in [-0.4, -0.2) is 44.0 Å². The van der Waals surface area contributed by atoms with Gasteiger partial charge in [-0.15, -0.1) is 0 Å². The summed E-state index contributed by atoms with van der Waals surface area (Å²) in [6.45, 7) is 5.66. The molecule has 0 saturated carbocycles. The lowest BCUT2D eigenvalue weighted by Gasteiger charge is -2.13. The Hall–Kier alpha value is -2.32. The second-order valence-electron chi connectivity index (χ2n) is 6.47. The average Bonchev–Trinajstić information content (AvgIpc) is 3.06. The first-order valence-corrected chi connectivity index (χ1v) is 10.3. The van der Waals surface area contributed by atoms with E-state index in [1.165, 1.54) is 5.56 Å². The Balaban J connectivity index is 2.00. The quantitative estimate of drug-likeness (QED) is 0.383. The minimum atomic E-state index is 0.134. The molecule has 3 rings (SSSR count). The normalized spacial score (nSPS) is 11.3. The van der Waals surface area contributed by atoms with E-state index >= 15 is 0 Å². The highest BCUT2D eigenvalue weighted by Gasteiger charge is 2.19. The summed E-state index contributed by atoms with van der Waals surface area (Å²) in [7, 11) is 0. The number of aliphatic hydroxyl groups excluding tert-OH is 1. The molecule has 0 fully saturated rings. The fourth-order valence-corrected chi connectivity index (χ4v) is 3.50. The molecule has 144 valence electrons. The number of thioether (sulfide) groups is 1. The number of aromatic nitrogens is 4. The van der Waals surface area contributed by atoms with E-state index in [-0.39, 0.29) is 12.6 Å². The van der Waals surface area contributed by atoms with Gasteiger partial charge in [-0.25, -0.2) is 4.98 Å². The van der Waals surface area contributed by atoms with Gasteiger partial charge in [-0.2, -0.15) is 9.97 Å². The molecular formula is C19H26N6OS. The second-order valence-corrected chi connectivity index (χ2v) is 7.25. The van der Waals surface area contributed by atoms with Crippen LogP contribution in [0.2, 0.25) is 0 Å². The first kappa shape index (κ1) is 19.4. The molecule has 0 bridgehead atoms. The molecule has 0 unspecified atom stereocenters. The Bertz CT molecular complexity index is 881. The fraction of sp³-hybridized carbons (Fsp3) is 0.421. The molecule has 2 aromatic heterocycles.